The van der Waals surface area contributed by atoms with Gasteiger partial charge in [0.05, 0.1) is 33.6 Å². The monoisotopic (exact) mass is 296 g/mol. The van der Waals surface area contributed by atoms with Gasteiger partial charge in [0.2, 0.25) is 0 Å². The predicted molar refractivity (Wildman–Crippen MR) is 78.3 cm³/mol. The summed E-state index contributed by atoms with van der Waals surface area (Å²) in [4.78, 5) is 4.58. The van der Waals surface area contributed by atoms with Crippen molar-refractivity contribution in [2.24, 2.45) is 0 Å². The molecule has 4 nitrogen and oxygen atoms in total. The number of hydrogen-bond acceptors (Lipinski definition) is 5. The van der Waals surface area contributed by atoms with Crippen molar-refractivity contribution in [1.82, 2.24) is 4.98 Å². The predicted octanol–water partition coefficient (Wildman–Crippen LogP) is 3.11. The molecule has 0 saturated heterocycles. The van der Waals surface area contributed by atoms with E-state index in [1.165, 1.54) is 11.3 Å². The summed E-state index contributed by atoms with van der Waals surface area (Å²) >= 11 is 1.52. The van der Waals surface area contributed by atoms with Crippen LogP contribution in [-0.4, -0.2) is 19.2 Å². The minimum Gasteiger partial charge on any atom is -0.376 e. The zero-order valence-corrected chi connectivity index (χ0v) is 12.5. The molecule has 1 aromatic carbocycles. The molecule has 19 heavy (non-hydrogen) atoms. The Morgan fingerprint density at radius 2 is 2.11 bits per heavy atom. The summed E-state index contributed by atoms with van der Waals surface area (Å²) in [5.74, 6) is 0.0940. The van der Waals surface area contributed by atoms with Gasteiger partial charge in [-0.05, 0) is 19.1 Å². The zero-order valence-electron chi connectivity index (χ0n) is 10.8. The van der Waals surface area contributed by atoms with E-state index in [2.05, 4.69) is 10.3 Å². The molecule has 0 bridgehead atoms. The standard InChI is InChI=1S/C13H16N2O2S2/c1-3-19(16,17)13-7-5-4-6-11(13)15-10(2)12-8-18-9-14-12/h4-10,15H,3H2,1-2H3. The number of thiazole rings is 1. The molecule has 0 aliphatic rings. The summed E-state index contributed by atoms with van der Waals surface area (Å²) in [5, 5.41) is 5.17. The minimum atomic E-state index is -3.22. The highest BCUT2D eigenvalue weighted by Crippen LogP contribution is 2.26. The van der Waals surface area contributed by atoms with E-state index in [1.807, 2.05) is 18.4 Å². The lowest BCUT2D eigenvalue weighted by atomic mass is 10.2. The first-order chi connectivity index (χ1) is 9.04. The molecule has 0 aliphatic heterocycles. The minimum absolute atomic E-state index is 0.0283. The fourth-order valence-electron chi connectivity index (χ4n) is 1.76. The Hall–Kier alpha value is -1.40. The summed E-state index contributed by atoms with van der Waals surface area (Å²) in [6.45, 7) is 3.61. The highest BCUT2D eigenvalue weighted by Gasteiger charge is 2.17. The molecule has 0 amide bonds. The van der Waals surface area contributed by atoms with Gasteiger partial charge in [-0.15, -0.1) is 11.3 Å². The van der Waals surface area contributed by atoms with Gasteiger partial charge in [-0.25, -0.2) is 13.4 Å². The molecule has 2 aromatic rings. The van der Waals surface area contributed by atoms with Gasteiger partial charge in [-0.3, -0.25) is 0 Å². The average molecular weight is 296 g/mol. The lowest BCUT2D eigenvalue weighted by Crippen LogP contribution is -2.12. The van der Waals surface area contributed by atoms with Gasteiger partial charge >= 0.3 is 0 Å². The van der Waals surface area contributed by atoms with Crippen molar-refractivity contribution >= 4 is 26.9 Å². The number of nitrogens with one attached hydrogen (secondary N) is 1. The largest absolute Gasteiger partial charge is 0.376 e. The lowest BCUT2D eigenvalue weighted by Gasteiger charge is -2.16. The van der Waals surface area contributed by atoms with E-state index in [0.717, 1.165) is 5.69 Å². The maximum atomic E-state index is 12.0. The number of anilines is 1. The molecule has 0 spiro atoms. The van der Waals surface area contributed by atoms with Crippen molar-refractivity contribution in [2.75, 3.05) is 11.1 Å². The van der Waals surface area contributed by atoms with Gasteiger partial charge < -0.3 is 5.32 Å². The van der Waals surface area contributed by atoms with Crippen LogP contribution in [-0.2, 0) is 9.84 Å². The van der Waals surface area contributed by atoms with Crippen molar-refractivity contribution in [3.63, 3.8) is 0 Å². The maximum Gasteiger partial charge on any atom is 0.180 e. The van der Waals surface area contributed by atoms with Crippen LogP contribution < -0.4 is 5.32 Å². The van der Waals surface area contributed by atoms with Crippen LogP contribution in [0.25, 0.3) is 0 Å². The first-order valence-corrected chi connectivity index (χ1v) is 8.60. The number of benzene rings is 1. The summed E-state index contributed by atoms with van der Waals surface area (Å²) in [6, 6.07) is 6.95. The van der Waals surface area contributed by atoms with E-state index >= 15 is 0 Å². The first kappa shape index (κ1) is 14.0. The van der Waals surface area contributed by atoms with E-state index in [4.69, 9.17) is 0 Å². The molecule has 1 atom stereocenters. The molecule has 0 fully saturated rings. The molecular weight excluding hydrogens is 280 g/mol. The molecular formula is C13H16N2O2S2. The van der Waals surface area contributed by atoms with Crippen LogP contribution in [0.2, 0.25) is 0 Å². The summed E-state index contributed by atoms with van der Waals surface area (Å²) in [7, 11) is -3.22. The van der Waals surface area contributed by atoms with E-state index < -0.39 is 9.84 Å². The highest BCUT2D eigenvalue weighted by molar-refractivity contribution is 7.91. The molecule has 0 radical (unpaired) electrons. The molecule has 102 valence electrons. The quantitative estimate of drug-likeness (QED) is 0.921. The van der Waals surface area contributed by atoms with Crippen LogP contribution in [0.4, 0.5) is 5.69 Å². The van der Waals surface area contributed by atoms with Crippen molar-refractivity contribution in [3.8, 4) is 0 Å². The summed E-state index contributed by atoms with van der Waals surface area (Å²) in [5.41, 5.74) is 3.31. The van der Waals surface area contributed by atoms with Crippen molar-refractivity contribution in [2.45, 2.75) is 24.8 Å². The normalized spacial score (nSPS) is 13.2. The van der Waals surface area contributed by atoms with Crippen LogP contribution in [0.1, 0.15) is 25.6 Å². The van der Waals surface area contributed by atoms with Crippen LogP contribution in [0.15, 0.2) is 40.1 Å². The van der Waals surface area contributed by atoms with Crippen molar-refractivity contribution in [1.29, 1.82) is 0 Å². The second kappa shape index (κ2) is 5.71. The molecule has 1 unspecified atom stereocenters. The molecule has 0 aliphatic carbocycles. The fourth-order valence-corrected chi connectivity index (χ4v) is 3.46. The third kappa shape index (κ3) is 3.13. The van der Waals surface area contributed by atoms with Crippen LogP contribution >= 0.6 is 11.3 Å². The third-order valence-corrected chi connectivity index (χ3v) is 5.26. The van der Waals surface area contributed by atoms with Crippen LogP contribution in [0.3, 0.4) is 0 Å². The number of para-hydroxylation sites is 1. The molecule has 2 rings (SSSR count). The Labute approximate surface area is 117 Å². The van der Waals surface area contributed by atoms with Crippen molar-refractivity contribution in [3.05, 3.63) is 40.8 Å². The Kier molecular flexibility index (Phi) is 4.21. The molecule has 0 saturated carbocycles. The fraction of sp³-hybridized carbons (Fsp3) is 0.308. The zero-order chi connectivity index (χ0) is 13.9. The summed E-state index contributed by atoms with van der Waals surface area (Å²) in [6.07, 6.45) is 0. The molecule has 1 N–H and O–H groups in total. The van der Waals surface area contributed by atoms with E-state index in [9.17, 15) is 8.42 Å². The van der Waals surface area contributed by atoms with Crippen LogP contribution in [0.5, 0.6) is 0 Å². The number of aromatic nitrogens is 1. The highest BCUT2D eigenvalue weighted by atomic mass is 32.2. The average Bonchev–Trinajstić information content (AvgIpc) is 2.93. The second-order valence-corrected chi connectivity index (χ2v) is 7.14. The van der Waals surface area contributed by atoms with Gasteiger partial charge in [0.1, 0.15) is 0 Å². The molecule has 1 heterocycles. The van der Waals surface area contributed by atoms with Gasteiger partial charge in [0, 0.05) is 5.38 Å². The number of nitrogens with zero attached hydrogens (tertiary/aromatic N) is 1. The Bertz CT molecular complexity index is 636. The van der Waals surface area contributed by atoms with Crippen LogP contribution in [0, 0.1) is 0 Å². The molecule has 1 aromatic heterocycles. The maximum absolute atomic E-state index is 12.0. The van der Waals surface area contributed by atoms with E-state index in [0.29, 0.717) is 10.6 Å². The van der Waals surface area contributed by atoms with E-state index in [-0.39, 0.29) is 11.8 Å². The number of hydrogen-bond donors (Lipinski definition) is 1. The van der Waals surface area contributed by atoms with Gasteiger partial charge in [0.15, 0.2) is 9.84 Å². The van der Waals surface area contributed by atoms with Crippen molar-refractivity contribution < 1.29 is 8.42 Å². The molecule has 6 heteroatoms. The Morgan fingerprint density at radius 1 is 1.37 bits per heavy atom. The SMILES string of the molecule is CCS(=O)(=O)c1ccccc1NC(C)c1cscn1. The van der Waals surface area contributed by atoms with Gasteiger partial charge in [-0.2, -0.15) is 0 Å². The topological polar surface area (TPSA) is 59.1 Å². The smallest absolute Gasteiger partial charge is 0.180 e. The van der Waals surface area contributed by atoms with Gasteiger partial charge in [0.25, 0.3) is 0 Å². The second-order valence-electron chi connectivity index (χ2n) is 4.18. The van der Waals surface area contributed by atoms with E-state index in [1.54, 1.807) is 30.6 Å². The Balaban J connectivity index is 2.31. The van der Waals surface area contributed by atoms with Gasteiger partial charge in [-0.1, -0.05) is 19.1 Å². The third-order valence-electron chi connectivity index (χ3n) is 2.87. The lowest BCUT2D eigenvalue weighted by molar-refractivity contribution is 0.597. The first-order valence-electron chi connectivity index (χ1n) is 6.01. The Morgan fingerprint density at radius 3 is 2.74 bits per heavy atom. The number of rotatable bonds is 5. The summed E-state index contributed by atoms with van der Waals surface area (Å²) < 4.78 is 24.1. The number of sulfone groups is 1.